The number of nitrogens with one attached hydrogen (secondary N) is 1. The molecule has 1 rings (SSSR count). The Kier molecular flexibility index (Phi) is 7.99. The minimum atomic E-state index is 0.0154. The number of hydrogen-bond donors (Lipinski definition) is 1. The van der Waals surface area contributed by atoms with Crippen LogP contribution in [0.3, 0.4) is 0 Å². The summed E-state index contributed by atoms with van der Waals surface area (Å²) in [5.41, 5.74) is 0. The predicted molar refractivity (Wildman–Crippen MR) is 73.4 cm³/mol. The smallest absolute Gasteiger partial charge is 0.0965 e. The molecule has 1 saturated heterocycles. The lowest BCUT2D eigenvalue weighted by atomic mass is 9.97. The van der Waals surface area contributed by atoms with Crippen LogP contribution < -0.4 is 5.32 Å². The quantitative estimate of drug-likeness (QED) is 0.714. The third-order valence-corrected chi connectivity index (χ3v) is 3.64. The van der Waals surface area contributed by atoms with E-state index in [1.807, 2.05) is 0 Å². The second-order valence-corrected chi connectivity index (χ2v) is 5.16. The number of rotatable bonds is 8. The van der Waals surface area contributed by atoms with Crippen molar-refractivity contribution in [1.29, 1.82) is 5.26 Å². The molecular formula is C14H27N3O. The molecule has 1 fully saturated rings. The Morgan fingerprint density at radius 3 is 2.72 bits per heavy atom. The van der Waals surface area contributed by atoms with Crippen LogP contribution in [-0.2, 0) is 4.74 Å². The Hall–Kier alpha value is -0.630. The van der Waals surface area contributed by atoms with Gasteiger partial charge < -0.3 is 15.0 Å². The summed E-state index contributed by atoms with van der Waals surface area (Å²) in [6.45, 7) is 7.30. The van der Waals surface area contributed by atoms with Crippen molar-refractivity contribution in [1.82, 2.24) is 10.2 Å². The first-order valence-electron chi connectivity index (χ1n) is 7.14. The number of hydrogen-bond acceptors (Lipinski definition) is 4. The van der Waals surface area contributed by atoms with E-state index < -0.39 is 0 Å². The van der Waals surface area contributed by atoms with E-state index in [1.165, 1.54) is 12.8 Å². The highest BCUT2D eigenvalue weighted by atomic mass is 16.5. The van der Waals surface area contributed by atoms with Gasteiger partial charge in [-0.05, 0) is 51.2 Å². The van der Waals surface area contributed by atoms with E-state index >= 15 is 0 Å². The largest absolute Gasteiger partial charge is 0.384 e. The minimum absolute atomic E-state index is 0.0154. The maximum atomic E-state index is 9.05. The molecule has 1 unspecified atom stereocenters. The molecule has 1 heterocycles. The molecule has 1 N–H and O–H groups in total. The van der Waals surface area contributed by atoms with Crippen LogP contribution in [-0.4, -0.2) is 50.8 Å². The molecule has 0 aromatic heterocycles. The maximum absolute atomic E-state index is 9.05. The molecule has 0 aromatic carbocycles. The Morgan fingerprint density at radius 2 is 2.17 bits per heavy atom. The maximum Gasteiger partial charge on any atom is 0.0965 e. The average molecular weight is 253 g/mol. The van der Waals surface area contributed by atoms with E-state index in [9.17, 15) is 0 Å². The lowest BCUT2D eigenvalue weighted by Crippen LogP contribution is -2.38. The molecule has 0 saturated carbocycles. The van der Waals surface area contributed by atoms with E-state index in [0.717, 1.165) is 51.5 Å². The Morgan fingerprint density at radius 1 is 1.44 bits per heavy atom. The summed E-state index contributed by atoms with van der Waals surface area (Å²) in [6.07, 6.45) is 4.48. The molecule has 4 nitrogen and oxygen atoms in total. The number of nitrogens with zero attached hydrogens (tertiary/aromatic N) is 2. The summed E-state index contributed by atoms with van der Waals surface area (Å²) in [4.78, 5) is 2.48. The zero-order chi connectivity index (χ0) is 13.2. The van der Waals surface area contributed by atoms with Crippen LogP contribution in [0.1, 0.15) is 32.6 Å². The van der Waals surface area contributed by atoms with E-state index in [2.05, 4.69) is 23.2 Å². The van der Waals surface area contributed by atoms with Gasteiger partial charge in [-0.1, -0.05) is 6.92 Å². The molecule has 4 heteroatoms. The summed E-state index contributed by atoms with van der Waals surface area (Å²) in [7, 11) is 1.78. The van der Waals surface area contributed by atoms with Crippen molar-refractivity contribution in [3.63, 3.8) is 0 Å². The molecule has 0 aromatic rings. The predicted octanol–water partition coefficient (Wildman–Crippen LogP) is 1.63. The average Bonchev–Trinajstić information content (AvgIpc) is 2.41. The Bertz CT molecular complexity index is 244. The molecule has 18 heavy (non-hydrogen) atoms. The zero-order valence-corrected chi connectivity index (χ0v) is 11.8. The third kappa shape index (κ3) is 5.81. The van der Waals surface area contributed by atoms with Gasteiger partial charge in [-0.25, -0.2) is 0 Å². The van der Waals surface area contributed by atoms with Crippen LogP contribution in [0, 0.1) is 17.2 Å². The SMILES string of the molecule is CCCNC(C#N)CCN1CCC(COC)CC1. The van der Waals surface area contributed by atoms with Crippen LogP contribution >= 0.6 is 0 Å². The van der Waals surface area contributed by atoms with Gasteiger partial charge in [-0.2, -0.15) is 5.26 Å². The number of likely N-dealkylation sites (tertiary alicyclic amines) is 1. The number of nitriles is 1. The van der Waals surface area contributed by atoms with Gasteiger partial charge in [0, 0.05) is 20.3 Å². The molecule has 1 aliphatic heterocycles. The molecule has 0 amide bonds. The molecule has 0 spiro atoms. The van der Waals surface area contributed by atoms with Crippen molar-refractivity contribution < 1.29 is 4.74 Å². The molecule has 0 bridgehead atoms. The molecule has 104 valence electrons. The highest BCUT2D eigenvalue weighted by Gasteiger charge is 2.19. The first kappa shape index (κ1) is 15.4. The van der Waals surface area contributed by atoms with E-state index in [1.54, 1.807) is 7.11 Å². The molecule has 0 radical (unpaired) electrons. The van der Waals surface area contributed by atoms with Gasteiger partial charge >= 0.3 is 0 Å². The van der Waals surface area contributed by atoms with Crippen molar-refractivity contribution in [2.75, 3.05) is 39.9 Å². The van der Waals surface area contributed by atoms with Crippen molar-refractivity contribution in [2.24, 2.45) is 5.92 Å². The van der Waals surface area contributed by atoms with E-state index in [4.69, 9.17) is 10.00 Å². The van der Waals surface area contributed by atoms with Gasteiger partial charge in [0.1, 0.15) is 0 Å². The standard InChI is InChI=1S/C14H27N3O/c1-3-7-16-14(11-15)6-10-17-8-4-13(5-9-17)12-18-2/h13-14,16H,3-10,12H2,1-2H3. The normalized spacial score (nSPS) is 19.6. The van der Waals surface area contributed by atoms with Crippen molar-refractivity contribution in [3.05, 3.63) is 0 Å². The van der Waals surface area contributed by atoms with Gasteiger partial charge in [0.25, 0.3) is 0 Å². The molecule has 1 atom stereocenters. The Labute approximate surface area is 111 Å². The van der Waals surface area contributed by atoms with Crippen molar-refractivity contribution in [2.45, 2.75) is 38.6 Å². The van der Waals surface area contributed by atoms with Gasteiger partial charge in [0.05, 0.1) is 12.1 Å². The minimum Gasteiger partial charge on any atom is -0.384 e. The topological polar surface area (TPSA) is 48.3 Å². The fourth-order valence-electron chi connectivity index (χ4n) is 2.45. The second-order valence-electron chi connectivity index (χ2n) is 5.16. The summed E-state index contributed by atoms with van der Waals surface area (Å²) in [5.74, 6) is 0.733. The lowest BCUT2D eigenvalue weighted by Gasteiger charge is -2.32. The third-order valence-electron chi connectivity index (χ3n) is 3.64. The number of ether oxygens (including phenoxy) is 1. The van der Waals surface area contributed by atoms with Gasteiger partial charge in [-0.3, -0.25) is 0 Å². The number of piperidine rings is 1. The molecule has 0 aliphatic carbocycles. The summed E-state index contributed by atoms with van der Waals surface area (Å²) < 4.78 is 5.20. The fraction of sp³-hybridized carbons (Fsp3) is 0.929. The van der Waals surface area contributed by atoms with E-state index in [0.29, 0.717) is 0 Å². The van der Waals surface area contributed by atoms with Crippen molar-refractivity contribution in [3.8, 4) is 6.07 Å². The number of methoxy groups -OCH3 is 1. The molecular weight excluding hydrogens is 226 g/mol. The highest BCUT2D eigenvalue weighted by molar-refractivity contribution is 4.90. The summed E-state index contributed by atoms with van der Waals surface area (Å²) in [6, 6.07) is 2.36. The van der Waals surface area contributed by atoms with Crippen LogP contribution in [0.5, 0.6) is 0 Å². The lowest BCUT2D eigenvalue weighted by molar-refractivity contribution is 0.0984. The highest BCUT2D eigenvalue weighted by Crippen LogP contribution is 2.17. The van der Waals surface area contributed by atoms with Crippen LogP contribution in [0.25, 0.3) is 0 Å². The van der Waals surface area contributed by atoms with Crippen LogP contribution in [0.4, 0.5) is 0 Å². The van der Waals surface area contributed by atoms with Gasteiger partial charge in [0.2, 0.25) is 0 Å². The first-order valence-corrected chi connectivity index (χ1v) is 7.14. The van der Waals surface area contributed by atoms with E-state index in [-0.39, 0.29) is 6.04 Å². The van der Waals surface area contributed by atoms with Crippen LogP contribution in [0.2, 0.25) is 0 Å². The summed E-state index contributed by atoms with van der Waals surface area (Å²) >= 11 is 0. The monoisotopic (exact) mass is 253 g/mol. The zero-order valence-electron chi connectivity index (χ0n) is 11.8. The van der Waals surface area contributed by atoms with Crippen LogP contribution in [0.15, 0.2) is 0 Å². The van der Waals surface area contributed by atoms with Gasteiger partial charge in [-0.15, -0.1) is 0 Å². The first-order chi connectivity index (χ1) is 8.80. The van der Waals surface area contributed by atoms with Crippen molar-refractivity contribution >= 4 is 0 Å². The fourth-order valence-corrected chi connectivity index (χ4v) is 2.45. The van der Waals surface area contributed by atoms with Gasteiger partial charge in [0.15, 0.2) is 0 Å². The molecule has 1 aliphatic rings. The summed E-state index contributed by atoms with van der Waals surface area (Å²) in [5, 5.41) is 12.3. The Balaban J connectivity index is 2.14. The second kappa shape index (κ2) is 9.32.